The molecular weight excluding hydrogens is 319 g/mol. The lowest BCUT2D eigenvalue weighted by Gasteiger charge is -2.14. The lowest BCUT2D eigenvalue weighted by molar-refractivity contribution is 0.217. The Morgan fingerprint density at radius 1 is 1.33 bits per heavy atom. The minimum atomic E-state index is -0.992. The third-order valence-corrected chi connectivity index (χ3v) is 4.49. The highest BCUT2D eigenvalue weighted by atomic mass is 79.9. The molecule has 1 aromatic carbocycles. The second kappa shape index (κ2) is 5.38. The van der Waals surface area contributed by atoms with Crippen LogP contribution in [-0.2, 0) is 0 Å². The third-order valence-electron chi connectivity index (χ3n) is 2.62. The first-order valence-electron chi connectivity index (χ1n) is 5.31. The molecule has 0 aliphatic carbocycles. The number of aliphatic hydroxyl groups is 1. The largest absolute Gasteiger partial charge is 0.496 e. The second-order valence-electron chi connectivity index (χ2n) is 3.83. The number of benzene rings is 1. The lowest BCUT2D eigenvalue weighted by atomic mass is 10.1. The molecule has 1 aromatic heterocycles. The monoisotopic (exact) mass is 330 g/mol. The van der Waals surface area contributed by atoms with Crippen molar-refractivity contribution in [2.45, 2.75) is 13.0 Å². The van der Waals surface area contributed by atoms with Crippen molar-refractivity contribution in [3.8, 4) is 5.75 Å². The molecule has 1 unspecified atom stereocenters. The van der Waals surface area contributed by atoms with Gasteiger partial charge in [0.15, 0.2) is 0 Å². The van der Waals surface area contributed by atoms with Crippen molar-refractivity contribution in [2.24, 2.45) is 0 Å². The number of hydrogen-bond donors (Lipinski definition) is 1. The van der Waals surface area contributed by atoms with Gasteiger partial charge in [-0.3, -0.25) is 0 Å². The van der Waals surface area contributed by atoms with Crippen LogP contribution in [-0.4, -0.2) is 12.2 Å². The van der Waals surface area contributed by atoms with Gasteiger partial charge in [-0.25, -0.2) is 4.39 Å². The van der Waals surface area contributed by atoms with Gasteiger partial charge in [-0.05, 0) is 47.1 Å². The highest BCUT2D eigenvalue weighted by molar-refractivity contribution is 9.10. The fourth-order valence-electron chi connectivity index (χ4n) is 1.70. The molecule has 0 radical (unpaired) electrons. The quantitative estimate of drug-likeness (QED) is 0.919. The molecule has 5 heteroatoms. The van der Waals surface area contributed by atoms with E-state index in [0.29, 0.717) is 15.1 Å². The Labute approximate surface area is 117 Å². The van der Waals surface area contributed by atoms with Crippen LogP contribution in [0.1, 0.15) is 21.4 Å². The second-order valence-corrected chi connectivity index (χ2v) is 5.94. The maximum atomic E-state index is 13.9. The molecule has 0 amide bonds. The summed E-state index contributed by atoms with van der Waals surface area (Å²) in [4.78, 5) is 1.78. The first-order chi connectivity index (χ1) is 8.54. The summed E-state index contributed by atoms with van der Waals surface area (Å²) in [5.74, 6) is 0.0416. The maximum Gasteiger partial charge on any atom is 0.133 e. The summed E-state index contributed by atoms with van der Waals surface area (Å²) in [6.07, 6.45) is -0.992. The summed E-state index contributed by atoms with van der Waals surface area (Å²) >= 11 is 4.72. The van der Waals surface area contributed by atoms with E-state index in [-0.39, 0.29) is 5.56 Å². The smallest absolute Gasteiger partial charge is 0.133 e. The minimum absolute atomic E-state index is 0.205. The van der Waals surface area contributed by atoms with Crippen LogP contribution in [0.3, 0.4) is 0 Å². The van der Waals surface area contributed by atoms with Crippen LogP contribution in [0.4, 0.5) is 4.39 Å². The van der Waals surface area contributed by atoms with E-state index < -0.39 is 11.9 Å². The van der Waals surface area contributed by atoms with Gasteiger partial charge in [-0.1, -0.05) is 0 Å². The number of methoxy groups -OCH3 is 1. The molecule has 2 nitrogen and oxygen atoms in total. The van der Waals surface area contributed by atoms with Gasteiger partial charge >= 0.3 is 0 Å². The van der Waals surface area contributed by atoms with Gasteiger partial charge in [-0.15, -0.1) is 11.3 Å². The van der Waals surface area contributed by atoms with Crippen LogP contribution < -0.4 is 4.74 Å². The Kier molecular flexibility index (Phi) is 4.04. The van der Waals surface area contributed by atoms with Crippen LogP contribution in [0.15, 0.2) is 28.7 Å². The van der Waals surface area contributed by atoms with Gasteiger partial charge in [0, 0.05) is 15.3 Å². The molecule has 0 bridgehead atoms. The van der Waals surface area contributed by atoms with E-state index in [2.05, 4.69) is 15.9 Å². The number of aryl methyl sites for hydroxylation is 1. The van der Waals surface area contributed by atoms with Crippen molar-refractivity contribution in [3.63, 3.8) is 0 Å². The number of hydrogen-bond acceptors (Lipinski definition) is 3. The van der Waals surface area contributed by atoms with Gasteiger partial charge in [0.1, 0.15) is 17.7 Å². The van der Waals surface area contributed by atoms with Crippen molar-refractivity contribution in [3.05, 3.63) is 49.9 Å². The molecule has 18 heavy (non-hydrogen) atoms. The van der Waals surface area contributed by atoms with Crippen LogP contribution in [0.25, 0.3) is 0 Å². The molecule has 1 heterocycles. The van der Waals surface area contributed by atoms with Gasteiger partial charge in [0.25, 0.3) is 0 Å². The van der Waals surface area contributed by atoms with Gasteiger partial charge in [0.05, 0.1) is 11.6 Å². The zero-order valence-corrected chi connectivity index (χ0v) is 12.3. The van der Waals surface area contributed by atoms with E-state index in [1.807, 2.05) is 13.0 Å². The van der Waals surface area contributed by atoms with Crippen LogP contribution in [0.2, 0.25) is 0 Å². The maximum absolute atomic E-state index is 13.9. The molecule has 0 saturated carbocycles. The molecular formula is C13H12BrFO2S. The van der Waals surface area contributed by atoms with E-state index in [4.69, 9.17) is 4.74 Å². The molecule has 0 fully saturated rings. The summed E-state index contributed by atoms with van der Waals surface area (Å²) in [7, 11) is 1.50. The van der Waals surface area contributed by atoms with Crippen molar-refractivity contribution in [1.29, 1.82) is 0 Å². The summed E-state index contributed by atoms with van der Waals surface area (Å²) < 4.78 is 19.4. The Morgan fingerprint density at radius 3 is 2.61 bits per heavy atom. The lowest BCUT2D eigenvalue weighted by Crippen LogP contribution is -2.03. The Bertz CT molecular complexity index is 568. The molecule has 2 rings (SSSR count). The summed E-state index contributed by atoms with van der Waals surface area (Å²) in [6.45, 7) is 1.94. The summed E-state index contributed by atoms with van der Waals surface area (Å²) in [6, 6.07) is 6.52. The Hall–Kier alpha value is -0.910. The normalized spacial score (nSPS) is 12.5. The van der Waals surface area contributed by atoms with E-state index in [9.17, 15) is 9.50 Å². The van der Waals surface area contributed by atoms with E-state index in [1.165, 1.54) is 30.6 Å². The standard InChI is InChI=1S/C13H12BrFO2S/c1-7-3-6-10(18-7)13(16)11-8(15)4-5-9(17-2)12(11)14/h3-6,13,16H,1-2H3. The SMILES string of the molecule is COc1ccc(F)c(C(O)c2ccc(C)s2)c1Br. The fraction of sp³-hybridized carbons (Fsp3) is 0.231. The van der Waals surface area contributed by atoms with Crippen molar-refractivity contribution in [2.75, 3.05) is 7.11 Å². The topological polar surface area (TPSA) is 29.5 Å². The average molecular weight is 331 g/mol. The molecule has 0 aliphatic heterocycles. The van der Waals surface area contributed by atoms with Crippen LogP contribution in [0.5, 0.6) is 5.75 Å². The first kappa shape index (κ1) is 13.5. The molecule has 0 saturated heterocycles. The predicted molar refractivity (Wildman–Crippen MR) is 73.8 cm³/mol. The summed E-state index contributed by atoms with van der Waals surface area (Å²) in [5.41, 5.74) is 0.205. The molecule has 96 valence electrons. The van der Waals surface area contributed by atoms with E-state index >= 15 is 0 Å². The molecule has 1 atom stereocenters. The third kappa shape index (κ3) is 2.43. The molecule has 2 aromatic rings. The van der Waals surface area contributed by atoms with E-state index in [1.54, 1.807) is 6.07 Å². The van der Waals surface area contributed by atoms with E-state index in [0.717, 1.165) is 4.88 Å². The number of rotatable bonds is 3. The molecule has 0 aliphatic rings. The minimum Gasteiger partial charge on any atom is -0.496 e. The Balaban J connectivity index is 2.50. The number of thiophene rings is 1. The number of aliphatic hydroxyl groups excluding tert-OH is 1. The van der Waals surface area contributed by atoms with Crippen molar-refractivity contribution >= 4 is 27.3 Å². The first-order valence-corrected chi connectivity index (χ1v) is 6.91. The van der Waals surface area contributed by atoms with Crippen molar-refractivity contribution in [1.82, 2.24) is 0 Å². The Morgan fingerprint density at radius 2 is 2.06 bits per heavy atom. The average Bonchev–Trinajstić information content (AvgIpc) is 2.76. The van der Waals surface area contributed by atoms with Gasteiger partial charge in [0.2, 0.25) is 0 Å². The zero-order valence-electron chi connectivity index (χ0n) is 9.91. The van der Waals surface area contributed by atoms with Gasteiger partial charge in [-0.2, -0.15) is 0 Å². The van der Waals surface area contributed by atoms with Crippen molar-refractivity contribution < 1.29 is 14.2 Å². The highest BCUT2D eigenvalue weighted by Crippen LogP contribution is 2.38. The predicted octanol–water partition coefficient (Wildman–Crippen LogP) is 4.05. The van der Waals surface area contributed by atoms with Crippen LogP contribution in [0, 0.1) is 12.7 Å². The molecule has 1 N–H and O–H groups in total. The van der Waals surface area contributed by atoms with Crippen LogP contribution >= 0.6 is 27.3 Å². The fourth-order valence-corrected chi connectivity index (χ4v) is 3.27. The number of ether oxygens (including phenoxy) is 1. The van der Waals surface area contributed by atoms with Gasteiger partial charge < -0.3 is 9.84 Å². The summed E-state index contributed by atoms with van der Waals surface area (Å²) in [5, 5.41) is 10.3. The molecule has 0 spiro atoms. The highest BCUT2D eigenvalue weighted by Gasteiger charge is 2.22. The zero-order chi connectivity index (χ0) is 13.3. The number of halogens is 2.